The Morgan fingerprint density at radius 1 is 0.889 bits per heavy atom. The van der Waals surface area contributed by atoms with Crippen LogP contribution in [-0.2, 0) is 19.1 Å². The lowest BCUT2D eigenvalue weighted by molar-refractivity contribution is -0.146. The Morgan fingerprint density at radius 2 is 1.48 bits per heavy atom. The first-order valence-electron chi connectivity index (χ1n) is 8.57. The van der Waals surface area contributed by atoms with Crippen molar-refractivity contribution < 1.29 is 23.9 Å². The number of amides is 1. The normalized spacial score (nSPS) is 12.6. The standard InChI is InChI=1S/C21H23NO5/c1-14(13-18(23)26-2)19(21(25)27-3)22-20(24)17-11-9-16(10-12-17)15-7-5-4-6-8-15/h4-12,14,19H,13H2,1-3H3,(H,22,24)/t14-,19+/m0/s1. The fourth-order valence-corrected chi connectivity index (χ4v) is 2.69. The van der Waals surface area contributed by atoms with Gasteiger partial charge in [0.05, 0.1) is 20.6 Å². The molecule has 0 aromatic heterocycles. The summed E-state index contributed by atoms with van der Waals surface area (Å²) in [6.07, 6.45) is -0.0104. The van der Waals surface area contributed by atoms with Gasteiger partial charge in [0.2, 0.25) is 0 Å². The maximum atomic E-state index is 12.5. The quantitative estimate of drug-likeness (QED) is 0.759. The molecule has 0 saturated carbocycles. The second-order valence-corrected chi connectivity index (χ2v) is 6.18. The molecule has 1 amide bonds. The molecule has 0 bridgehead atoms. The molecule has 0 aliphatic rings. The van der Waals surface area contributed by atoms with E-state index in [1.165, 1.54) is 14.2 Å². The molecular weight excluding hydrogens is 346 g/mol. The van der Waals surface area contributed by atoms with Gasteiger partial charge >= 0.3 is 11.9 Å². The molecule has 2 aromatic carbocycles. The zero-order valence-corrected chi connectivity index (χ0v) is 15.6. The van der Waals surface area contributed by atoms with Gasteiger partial charge in [0.25, 0.3) is 5.91 Å². The molecular formula is C21H23NO5. The number of ether oxygens (including phenoxy) is 2. The summed E-state index contributed by atoms with van der Waals surface area (Å²) in [4.78, 5) is 36.1. The van der Waals surface area contributed by atoms with E-state index >= 15 is 0 Å². The first kappa shape index (κ1) is 20.2. The Kier molecular flexibility index (Phi) is 7.11. The minimum Gasteiger partial charge on any atom is -0.469 e. The predicted molar refractivity (Wildman–Crippen MR) is 101 cm³/mol. The molecule has 142 valence electrons. The minimum absolute atomic E-state index is 0.0104. The van der Waals surface area contributed by atoms with Crippen LogP contribution in [0.25, 0.3) is 11.1 Å². The first-order chi connectivity index (χ1) is 13.0. The summed E-state index contributed by atoms with van der Waals surface area (Å²) in [6.45, 7) is 1.68. The molecule has 0 unspecified atom stereocenters. The van der Waals surface area contributed by atoms with Gasteiger partial charge in [0.1, 0.15) is 6.04 Å². The number of hydrogen-bond donors (Lipinski definition) is 1. The van der Waals surface area contributed by atoms with Crippen molar-refractivity contribution in [1.29, 1.82) is 0 Å². The highest BCUT2D eigenvalue weighted by Crippen LogP contribution is 2.19. The third-order valence-electron chi connectivity index (χ3n) is 4.28. The average molecular weight is 369 g/mol. The van der Waals surface area contributed by atoms with Gasteiger partial charge < -0.3 is 14.8 Å². The molecule has 0 fully saturated rings. The van der Waals surface area contributed by atoms with Crippen LogP contribution in [-0.4, -0.2) is 38.1 Å². The molecule has 0 heterocycles. The van der Waals surface area contributed by atoms with E-state index < -0.39 is 29.8 Å². The summed E-state index contributed by atoms with van der Waals surface area (Å²) in [6, 6.07) is 15.9. The van der Waals surface area contributed by atoms with E-state index in [9.17, 15) is 14.4 Å². The highest BCUT2D eigenvalue weighted by molar-refractivity contribution is 5.97. The molecule has 1 N–H and O–H groups in total. The Labute approximate surface area is 158 Å². The van der Waals surface area contributed by atoms with Crippen molar-refractivity contribution in [1.82, 2.24) is 5.32 Å². The van der Waals surface area contributed by atoms with Gasteiger partial charge in [0.15, 0.2) is 0 Å². The van der Waals surface area contributed by atoms with Crippen LogP contribution >= 0.6 is 0 Å². The molecule has 0 radical (unpaired) electrons. The van der Waals surface area contributed by atoms with Gasteiger partial charge in [-0.2, -0.15) is 0 Å². The number of nitrogens with one attached hydrogen (secondary N) is 1. The van der Waals surface area contributed by atoms with Crippen LogP contribution in [0.4, 0.5) is 0 Å². The molecule has 6 nitrogen and oxygen atoms in total. The lowest BCUT2D eigenvalue weighted by atomic mass is 9.97. The summed E-state index contributed by atoms with van der Waals surface area (Å²) < 4.78 is 9.38. The van der Waals surface area contributed by atoms with Gasteiger partial charge in [-0.25, -0.2) is 4.79 Å². The molecule has 6 heteroatoms. The average Bonchev–Trinajstić information content (AvgIpc) is 2.71. The molecule has 2 rings (SSSR count). The summed E-state index contributed by atoms with van der Waals surface area (Å²) in [7, 11) is 2.51. The molecule has 0 aliphatic carbocycles. The lowest BCUT2D eigenvalue weighted by Gasteiger charge is -2.22. The predicted octanol–water partition coefficient (Wildman–Crippen LogP) is 2.82. The smallest absolute Gasteiger partial charge is 0.328 e. The lowest BCUT2D eigenvalue weighted by Crippen LogP contribution is -2.46. The summed E-state index contributed by atoms with van der Waals surface area (Å²) in [5, 5.41) is 2.65. The fraction of sp³-hybridized carbons (Fsp3) is 0.286. The molecule has 0 saturated heterocycles. The summed E-state index contributed by atoms with van der Waals surface area (Å²) in [5.41, 5.74) is 2.44. The van der Waals surface area contributed by atoms with Crippen molar-refractivity contribution in [3.63, 3.8) is 0 Å². The van der Waals surface area contributed by atoms with Gasteiger partial charge in [-0.15, -0.1) is 0 Å². The fourth-order valence-electron chi connectivity index (χ4n) is 2.69. The van der Waals surface area contributed by atoms with Crippen LogP contribution in [0.15, 0.2) is 54.6 Å². The van der Waals surface area contributed by atoms with E-state index in [-0.39, 0.29) is 6.42 Å². The van der Waals surface area contributed by atoms with Gasteiger partial charge in [-0.05, 0) is 29.2 Å². The van der Waals surface area contributed by atoms with Crippen molar-refractivity contribution in [2.24, 2.45) is 5.92 Å². The Morgan fingerprint density at radius 3 is 2.04 bits per heavy atom. The maximum absolute atomic E-state index is 12.5. The van der Waals surface area contributed by atoms with E-state index in [4.69, 9.17) is 4.74 Å². The number of methoxy groups -OCH3 is 2. The number of hydrogen-bond acceptors (Lipinski definition) is 5. The molecule has 0 aliphatic heterocycles. The maximum Gasteiger partial charge on any atom is 0.328 e. The van der Waals surface area contributed by atoms with E-state index in [1.54, 1.807) is 19.1 Å². The van der Waals surface area contributed by atoms with Crippen molar-refractivity contribution >= 4 is 17.8 Å². The van der Waals surface area contributed by atoms with Crippen molar-refractivity contribution in [2.75, 3.05) is 14.2 Å². The van der Waals surface area contributed by atoms with Gasteiger partial charge in [0, 0.05) is 5.56 Å². The zero-order chi connectivity index (χ0) is 19.8. The van der Waals surface area contributed by atoms with Crippen molar-refractivity contribution in [3.8, 4) is 11.1 Å². The largest absolute Gasteiger partial charge is 0.469 e. The number of rotatable bonds is 7. The third-order valence-corrected chi connectivity index (χ3v) is 4.28. The SMILES string of the molecule is COC(=O)C[C@H](C)[C@@H](NC(=O)c1ccc(-c2ccccc2)cc1)C(=O)OC. The number of esters is 2. The van der Waals surface area contributed by atoms with Crippen LogP contribution in [0.5, 0.6) is 0 Å². The van der Waals surface area contributed by atoms with E-state index in [2.05, 4.69) is 10.1 Å². The highest BCUT2D eigenvalue weighted by atomic mass is 16.5. The third kappa shape index (κ3) is 5.41. The molecule has 2 aromatic rings. The molecule has 2 atom stereocenters. The van der Waals surface area contributed by atoms with Crippen LogP contribution in [0.3, 0.4) is 0 Å². The second kappa shape index (κ2) is 9.52. The topological polar surface area (TPSA) is 81.7 Å². The number of carbonyl (C=O) groups excluding carboxylic acids is 3. The Balaban J connectivity index is 2.12. The molecule has 27 heavy (non-hydrogen) atoms. The molecule has 0 spiro atoms. The zero-order valence-electron chi connectivity index (χ0n) is 15.6. The van der Waals surface area contributed by atoms with Gasteiger partial charge in [-0.1, -0.05) is 49.4 Å². The van der Waals surface area contributed by atoms with E-state index in [0.29, 0.717) is 5.56 Å². The van der Waals surface area contributed by atoms with Crippen LogP contribution in [0.1, 0.15) is 23.7 Å². The Bertz CT molecular complexity index is 786. The van der Waals surface area contributed by atoms with Crippen LogP contribution in [0.2, 0.25) is 0 Å². The van der Waals surface area contributed by atoms with Crippen molar-refractivity contribution in [3.05, 3.63) is 60.2 Å². The monoisotopic (exact) mass is 369 g/mol. The van der Waals surface area contributed by atoms with Gasteiger partial charge in [-0.3, -0.25) is 9.59 Å². The Hall–Kier alpha value is -3.15. The minimum atomic E-state index is -0.949. The van der Waals surface area contributed by atoms with Crippen LogP contribution in [0, 0.1) is 5.92 Å². The highest BCUT2D eigenvalue weighted by Gasteiger charge is 2.30. The summed E-state index contributed by atoms with van der Waals surface area (Å²) >= 11 is 0. The first-order valence-corrected chi connectivity index (χ1v) is 8.57. The van der Waals surface area contributed by atoms with E-state index in [1.807, 2.05) is 42.5 Å². The second-order valence-electron chi connectivity index (χ2n) is 6.18. The number of carbonyl (C=O) groups is 3. The summed E-state index contributed by atoms with van der Waals surface area (Å²) in [5.74, 6) is -1.96. The van der Waals surface area contributed by atoms with Crippen molar-refractivity contribution in [2.45, 2.75) is 19.4 Å². The number of benzene rings is 2. The van der Waals surface area contributed by atoms with Crippen LogP contribution < -0.4 is 5.32 Å². The van der Waals surface area contributed by atoms with E-state index in [0.717, 1.165) is 11.1 Å².